The van der Waals surface area contributed by atoms with E-state index >= 15 is 0 Å². The average molecular weight is 212 g/mol. The third kappa shape index (κ3) is 2.96. The second-order valence-electron chi connectivity index (χ2n) is 2.95. The molecule has 0 aromatic heterocycles. The van der Waals surface area contributed by atoms with E-state index < -0.39 is 0 Å². The first-order valence-corrected chi connectivity index (χ1v) is 4.85. The smallest absolute Gasteiger partial charge is 0.141 e. The number of rotatable bonds is 4. The van der Waals surface area contributed by atoms with Crippen molar-refractivity contribution in [3.8, 4) is 5.75 Å². The maximum absolute atomic E-state index is 5.42. The third-order valence-electron chi connectivity index (χ3n) is 1.85. The number of methoxy groups -OCH3 is 1. The molecule has 0 unspecified atom stereocenters. The zero-order valence-corrected chi connectivity index (χ0v) is 9.14. The standard InChI is InChI=1S/C11H14ClNO/c1-9-4-5-11(14-2)10(8-9)13-7-3-6-12/h3-6,8,13H,7H2,1-2H3/b6-3+. The molecule has 0 heterocycles. The van der Waals surface area contributed by atoms with E-state index in [9.17, 15) is 0 Å². The molecule has 0 amide bonds. The number of anilines is 1. The van der Waals surface area contributed by atoms with Gasteiger partial charge >= 0.3 is 0 Å². The monoisotopic (exact) mass is 211 g/mol. The number of benzene rings is 1. The first kappa shape index (κ1) is 10.9. The minimum absolute atomic E-state index is 0.698. The van der Waals surface area contributed by atoms with Crippen LogP contribution in [0.3, 0.4) is 0 Å². The van der Waals surface area contributed by atoms with Crippen LogP contribution < -0.4 is 10.1 Å². The summed E-state index contributed by atoms with van der Waals surface area (Å²) in [5.74, 6) is 0.846. The lowest BCUT2D eigenvalue weighted by Gasteiger charge is -2.10. The van der Waals surface area contributed by atoms with Gasteiger partial charge in [0.05, 0.1) is 12.8 Å². The second-order valence-corrected chi connectivity index (χ2v) is 3.20. The minimum atomic E-state index is 0.698. The van der Waals surface area contributed by atoms with Crippen molar-refractivity contribution in [1.82, 2.24) is 0 Å². The maximum Gasteiger partial charge on any atom is 0.141 e. The van der Waals surface area contributed by atoms with Crippen LogP contribution in [0.1, 0.15) is 5.56 Å². The van der Waals surface area contributed by atoms with Gasteiger partial charge in [-0.3, -0.25) is 0 Å². The molecule has 14 heavy (non-hydrogen) atoms. The van der Waals surface area contributed by atoms with Gasteiger partial charge in [0.15, 0.2) is 0 Å². The van der Waals surface area contributed by atoms with E-state index in [-0.39, 0.29) is 0 Å². The van der Waals surface area contributed by atoms with Gasteiger partial charge in [0.1, 0.15) is 5.75 Å². The number of hydrogen-bond donors (Lipinski definition) is 1. The summed E-state index contributed by atoms with van der Waals surface area (Å²) in [5.41, 5.74) is 3.68. The fraction of sp³-hybridized carbons (Fsp3) is 0.273. The van der Waals surface area contributed by atoms with E-state index in [0.717, 1.165) is 11.4 Å². The summed E-state index contributed by atoms with van der Waals surface area (Å²) in [7, 11) is 1.66. The van der Waals surface area contributed by atoms with E-state index in [0.29, 0.717) is 6.54 Å². The summed E-state index contributed by atoms with van der Waals surface area (Å²) in [4.78, 5) is 0. The van der Waals surface area contributed by atoms with Gasteiger partial charge in [-0.05, 0) is 24.6 Å². The molecule has 0 aliphatic rings. The van der Waals surface area contributed by atoms with Crippen LogP contribution in [0, 0.1) is 6.92 Å². The fourth-order valence-corrected chi connectivity index (χ4v) is 1.26. The maximum atomic E-state index is 5.42. The quantitative estimate of drug-likeness (QED) is 0.826. The molecular formula is C11H14ClNO. The number of nitrogens with one attached hydrogen (secondary N) is 1. The van der Waals surface area contributed by atoms with Crippen LogP contribution in [-0.4, -0.2) is 13.7 Å². The first-order valence-electron chi connectivity index (χ1n) is 4.41. The molecule has 0 spiro atoms. The number of aryl methyl sites for hydroxylation is 1. The average Bonchev–Trinajstić information content (AvgIpc) is 2.19. The van der Waals surface area contributed by atoms with E-state index in [1.54, 1.807) is 7.11 Å². The van der Waals surface area contributed by atoms with Crippen LogP contribution in [0.5, 0.6) is 5.75 Å². The zero-order valence-electron chi connectivity index (χ0n) is 8.38. The van der Waals surface area contributed by atoms with Crippen molar-refractivity contribution in [2.24, 2.45) is 0 Å². The second kappa shape index (κ2) is 5.55. The lowest BCUT2D eigenvalue weighted by molar-refractivity contribution is 0.416. The zero-order chi connectivity index (χ0) is 10.4. The van der Waals surface area contributed by atoms with Crippen LogP contribution in [-0.2, 0) is 0 Å². The highest BCUT2D eigenvalue weighted by atomic mass is 35.5. The molecule has 0 aliphatic carbocycles. The van der Waals surface area contributed by atoms with E-state index in [2.05, 4.69) is 5.32 Å². The van der Waals surface area contributed by atoms with Crippen LogP contribution in [0.2, 0.25) is 0 Å². The summed E-state index contributed by atoms with van der Waals surface area (Å²) in [5, 5.41) is 3.21. The van der Waals surface area contributed by atoms with Gasteiger partial charge in [-0.1, -0.05) is 23.7 Å². The van der Waals surface area contributed by atoms with E-state index in [1.165, 1.54) is 11.1 Å². The molecular weight excluding hydrogens is 198 g/mol. The normalized spacial score (nSPS) is 10.5. The number of hydrogen-bond acceptors (Lipinski definition) is 2. The molecule has 0 saturated heterocycles. The predicted octanol–water partition coefficient (Wildman–Crippen LogP) is 3.17. The van der Waals surface area contributed by atoms with Crippen LogP contribution in [0.4, 0.5) is 5.69 Å². The molecule has 76 valence electrons. The summed E-state index contributed by atoms with van der Waals surface area (Å²) in [6.45, 7) is 2.74. The first-order chi connectivity index (χ1) is 6.77. The van der Waals surface area contributed by atoms with Gasteiger partial charge < -0.3 is 10.1 Å². The van der Waals surface area contributed by atoms with Gasteiger partial charge in [0, 0.05) is 12.1 Å². The van der Waals surface area contributed by atoms with Gasteiger partial charge in [0.25, 0.3) is 0 Å². The highest BCUT2D eigenvalue weighted by molar-refractivity contribution is 6.25. The molecule has 2 nitrogen and oxygen atoms in total. The largest absolute Gasteiger partial charge is 0.495 e. The fourth-order valence-electron chi connectivity index (χ4n) is 1.17. The van der Waals surface area contributed by atoms with Gasteiger partial charge in [-0.25, -0.2) is 0 Å². The van der Waals surface area contributed by atoms with Crippen molar-refractivity contribution >= 4 is 17.3 Å². The van der Waals surface area contributed by atoms with Crippen molar-refractivity contribution in [3.63, 3.8) is 0 Å². The Labute approximate surface area is 89.5 Å². The molecule has 0 atom stereocenters. The topological polar surface area (TPSA) is 21.3 Å². The molecule has 1 rings (SSSR count). The molecule has 3 heteroatoms. The Morgan fingerprint density at radius 1 is 1.50 bits per heavy atom. The van der Waals surface area contributed by atoms with Gasteiger partial charge in [0.2, 0.25) is 0 Å². The summed E-state index contributed by atoms with van der Waals surface area (Å²) >= 11 is 5.42. The van der Waals surface area contributed by atoms with Crippen molar-refractivity contribution < 1.29 is 4.74 Å². The van der Waals surface area contributed by atoms with Crippen molar-refractivity contribution in [3.05, 3.63) is 35.4 Å². The molecule has 1 N–H and O–H groups in total. The number of ether oxygens (including phenoxy) is 1. The molecule has 0 saturated carbocycles. The Hall–Kier alpha value is -1.15. The highest BCUT2D eigenvalue weighted by Crippen LogP contribution is 2.24. The van der Waals surface area contributed by atoms with Crippen molar-refractivity contribution in [2.45, 2.75) is 6.92 Å². The van der Waals surface area contributed by atoms with Crippen LogP contribution in [0.25, 0.3) is 0 Å². The Balaban J connectivity index is 2.76. The Morgan fingerprint density at radius 2 is 2.29 bits per heavy atom. The van der Waals surface area contributed by atoms with Gasteiger partial charge in [-0.15, -0.1) is 0 Å². The predicted molar refractivity (Wildman–Crippen MR) is 61.2 cm³/mol. The van der Waals surface area contributed by atoms with E-state index in [1.807, 2.05) is 31.2 Å². The highest BCUT2D eigenvalue weighted by Gasteiger charge is 2.00. The molecule has 1 aromatic rings. The van der Waals surface area contributed by atoms with E-state index in [4.69, 9.17) is 16.3 Å². The van der Waals surface area contributed by atoms with Crippen molar-refractivity contribution in [2.75, 3.05) is 19.0 Å². The molecule has 0 bridgehead atoms. The molecule has 0 fully saturated rings. The SMILES string of the molecule is COc1ccc(C)cc1NC/C=C/Cl. The Morgan fingerprint density at radius 3 is 2.93 bits per heavy atom. The minimum Gasteiger partial charge on any atom is -0.495 e. The lowest BCUT2D eigenvalue weighted by Crippen LogP contribution is -2.00. The lowest BCUT2D eigenvalue weighted by atomic mass is 10.2. The number of halogens is 1. The van der Waals surface area contributed by atoms with Crippen LogP contribution >= 0.6 is 11.6 Å². The summed E-state index contributed by atoms with van der Waals surface area (Å²) < 4.78 is 5.21. The third-order valence-corrected chi connectivity index (χ3v) is 2.03. The molecule has 0 aliphatic heterocycles. The van der Waals surface area contributed by atoms with Crippen molar-refractivity contribution in [1.29, 1.82) is 0 Å². The Kier molecular flexibility index (Phi) is 4.33. The summed E-state index contributed by atoms with van der Waals surface area (Å²) in [6.07, 6.45) is 1.84. The Bertz CT molecular complexity index is 323. The molecule has 0 radical (unpaired) electrons. The van der Waals surface area contributed by atoms with Crippen LogP contribution in [0.15, 0.2) is 29.8 Å². The molecule has 1 aromatic carbocycles. The van der Waals surface area contributed by atoms with Gasteiger partial charge in [-0.2, -0.15) is 0 Å². The summed E-state index contributed by atoms with van der Waals surface area (Å²) in [6, 6.07) is 6.00.